The summed E-state index contributed by atoms with van der Waals surface area (Å²) in [6.45, 7) is 2.89. The van der Waals surface area contributed by atoms with Crippen LogP contribution < -0.4 is 10.6 Å². The molecule has 2 heterocycles. The maximum Gasteiger partial charge on any atom is 0.256 e. The number of nitrogens with zero attached hydrogens (tertiary/aromatic N) is 1. The van der Waals surface area contributed by atoms with Crippen molar-refractivity contribution in [3.8, 4) is 0 Å². The predicted octanol–water partition coefficient (Wildman–Crippen LogP) is 5.29. The SMILES string of the molecule is O=C(CCN1CCCCC1)Nc1ccc2c(c1)/C(=C\c1ccc(F)c3ccccc13)C(=O)N2. The number of fused-ring (bicyclic) bond motifs is 2. The highest BCUT2D eigenvalue weighted by molar-refractivity contribution is 6.35. The van der Waals surface area contributed by atoms with E-state index < -0.39 is 0 Å². The zero-order valence-electron chi connectivity index (χ0n) is 18.4. The minimum atomic E-state index is -0.293. The van der Waals surface area contributed by atoms with Gasteiger partial charge < -0.3 is 15.5 Å². The first-order valence-electron chi connectivity index (χ1n) is 11.5. The van der Waals surface area contributed by atoms with Crippen LogP contribution in [0.15, 0.2) is 54.6 Å². The second kappa shape index (κ2) is 9.16. The first-order chi connectivity index (χ1) is 16.1. The summed E-state index contributed by atoms with van der Waals surface area (Å²) in [6, 6.07) is 15.7. The summed E-state index contributed by atoms with van der Waals surface area (Å²) in [5, 5.41) is 7.10. The first-order valence-corrected chi connectivity index (χ1v) is 11.5. The number of carbonyl (C=O) groups is 2. The number of piperidine rings is 1. The normalized spacial score (nSPS) is 17.2. The van der Waals surface area contributed by atoms with Crippen molar-refractivity contribution in [2.24, 2.45) is 0 Å². The molecule has 3 aromatic rings. The Morgan fingerprint density at radius 3 is 2.64 bits per heavy atom. The van der Waals surface area contributed by atoms with Crippen LogP contribution in [-0.4, -0.2) is 36.3 Å². The monoisotopic (exact) mass is 443 g/mol. The molecule has 2 amide bonds. The van der Waals surface area contributed by atoms with Crippen molar-refractivity contribution >= 4 is 45.6 Å². The number of hydrogen-bond donors (Lipinski definition) is 2. The molecule has 5 rings (SSSR count). The van der Waals surface area contributed by atoms with Gasteiger partial charge in [-0.15, -0.1) is 0 Å². The van der Waals surface area contributed by atoms with E-state index in [4.69, 9.17) is 0 Å². The molecular formula is C27H26FN3O2. The fourth-order valence-electron chi connectivity index (χ4n) is 4.64. The highest BCUT2D eigenvalue weighted by atomic mass is 19.1. The fourth-order valence-corrected chi connectivity index (χ4v) is 4.64. The summed E-state index contributed by atoms with van der Waals surface area (Å²) in [7, 11) is 0. The minimum Gasteiger partial charge on any atom is -0.326 e. The summed E-state index contributed by atoms with van der Waals surface area (Å²) in [4.78, 5) is 27.5. The van der Waals surface area contributed by atoms with E-state index in [2.05, 4.69) is 15.5 Å². The zero-order valence-corrected chi connectivity index (χ0v) is 18.4. The molecule has 0 radical (unpaired) electrons. The van der Waals surface area contributed by atoms with Gasteiger partial charge >= 0.3 is 0 Å². The van der Waals surface area contributed by atoms with Crippen LogP contribution in [0, 0.1) is 5.82 Å². The van der Waals surface area contributed by atoms with E-state index in [-0.39, 0.29) is 17.6 Å². The Labute approximate surface area is 192 Å². The molecule has 6 heteroatoms. The molecule has 1 saturated heterocycles. The number of benzene rings is 3. The molecule has 0 aromatic heterocycles. The van der Waals surface area contributed by atoms with Crippen molar-refractivity contribution in [1.29, 1.82) is 0 Å². The van der Waals surface area contributed by atoms with Crippen LogP contribution in [0.1, 0.15) is 36.8 Å². The second-order valence-corrected chi connectivity index (χ2v) is 8.66. The Balaban J connectivity index is 1.38. The minimum absolute atomic E-state index is 0.0344. The molecule has 1 fully saturated rings. The van der Waals surface area contributed by atoms with Gasteiger partial charge in [0.2, 0.25) is 5.91 Å². The topological polar surface area (TPSA) is 61.4 Å². The Hall–Kier alpha value is -3.51. The average molecular weight is 444 g/mol. The van der Waals surface area contributed by atoms with Crippen LogP contribution in [0.5, 0.6) is 0 Å². The van der Waals surface area contributed by atoms with Crippen molar-refractivity contribution < 1.29 is 14.0 Å². The third-order valence-corrected chi connectivity index (χ3v) is 6.39. The van der Waals surface area contributed by atoms with Crippen molar-refractivity contribution in [2.45, 2.75) is 25.7 Å². The standard InChI is InChI=1S/C27H26FN3O2/c28-24-10-8-18(20-6-2-3-7-21(20)24)16-23-22-17-19(9-11-25(22)30-27(23)33)29-26(32)12-15-31-13-4-1-5-14-31/h2-3,6-11,16-17H,1,4-5,12-15H2,(H,29,32)(H,30,33)/b23-16+. The molecule has 2 aliphatic heterocycles. The van der Waals surface area contributed by atoms with E-state index in [0.29, 0.717) is 28.8 Å². The lowest BCUT2D eigenvalue weighted by Gasteiger charge is -2.25. The van der Waals surface area contributed by atoms with Crippen LogP contribution >= 0.6 is 0 Å². The number of halogens is 1. The van der Waals surface area contributed by atoms with E-state index in [9.17, 15) is 14.0 Å². The lowest BCUT2D eigenvalue weighted by atomic mass is 9.99. The fraction of sp³-hybridized carbons (Fsp3) is 0.259. The van der Waals surface area contributed by atoms with Gasteiger partial charge in [-0.2, -0.15) is 0 Å². The maximum atomic E-state index is 14.2. The van der Waals surface area contributed by atoms with E-state index in [1.807, 2.05) is 18.2 Å². The van der Waals surface area contributed by atoms with Crippen LogP contribution in [0.25, 0.3) is 22.4 Å². The molecule has 33 heavy (non-hydrogen) atoms. The summed E-state index contributed by atoms with van der Waals surface area (Å²) >= 11 is 0. The molecule has 0 bridgehead atoms. The van der Waals surface area contributed by atoms with Gasteiger partial charge in [0.15, 0.2) is 0 Å². The van der Waals surface area contributed by atoms with Crippen LogP contribution in [0.4, 0.5) is 15.8 Å². The first kappa shape index (κ1) is 21.3. The van der Waals surface area contributed by atoms with Gasteiger partial charge in [0, 0.05) is 40.9 Å². The number of amides is 2. The van der Waals surface area contributed by atoms with Crippen LogP contribution in [0.2, 0.25) is 0 Å². The molecule has 2 aliphatic rings. The second-order valence-electron chi connectivity index (χ2n) is 8.66. The van der Waals surface area contributed by atoms with Gasteiger partial charge in [-0.3, -0.25) is 9.59 Å². The number of likely N-dealkylation sites (tertiary alicyclic amines) is 1. The predicted molar refractivity (Wildman–Crippen MR) is 130 cm³/mol. The molecule has 0 saturated carbocycles. The van der Waals surface area contributed by atoms with E-state index in [1.54, 1.807) is 36.4 Å². The largest absolute Gasteiger partial charge is 0.326 e. The third kappa shape index (κ3) is 4.52. The summed E-state index contributed by atoms with van der Waals surface area (Å²) in [5.41, 5.74) is 3.34. The van der Waals surface area contributed by atoms with Crippen LogP contribution in [-0.2, 0) is 9.59 Å². The Morgan fingerprint density at radius 2 is 1.82 bits per heavy atom. The van der Waals surface area contributed by atoms with Gasteiger partial charge in [0.25, 0.3) is 5.91 Å². The quantitative estimate of drug-likeness (QED) is 0.527. The Kier molecular flexibility index (Phi) is 5.92. The number of carbonyl (C=O) groups excluding carboxylic acids is 2. The molecule has 0 unspecified atom stereocenters. The van der Waals surface area contributed by atoms with E-state index in [1.165, 1.54) is 25.3 Å². The molecule has 0 atom stereocenters. The smallest absolute Gasteiger partial charge is 0.256 e. The number of hydrogen-bond acceptors (Lipinski definition) is 3. The van der Waals surface area contributed by atoms with Crippen molar-refractivity contribution in [3.63, 3.8) is 0 Å². The lowest BCUT2D eigenvalue weighted by molar-refractivity contribution is -0.116. The molecule has 0 spiro atoms. The molecule has 0 aliphatic carbocycles. The van der Waals surface area contributed by atoms with Crippen LogP contribution in [0.3, 0.4) is 0 Å². The van der Waals surface area contributed by atoms with E-state index in [0.717, 1.165) is 36.1 Å². The molecule has 5 nitrogen and oxygen atoms in total. The number of nitrogens with one attached hydrogen (secondary N) is 2. The van der Waals surface area contributed by atoms with Gasteiger partial charge in [0.05, 0.1) is 0 Å². The van der Waals surface area contributed by atoms with Crippen molar-refractivity contribution in [1.82, 2.24) is 4.90 Å². The summed E-state index contributed by atoms with van der Waals surface area (Å²) in [5.74, 6) is -0.543. The van der Waals surface area contributed by atoms with Crippen molar-refractivity contribution in [3.05, 3.63) is 71.5 Å². The Morgan fingerprint density at radius 1 is 1.03 bits per heavy atom. The van der Waals surface area contributed by atoms with Gasteiger partial charge in [-0.05, 0) is 67.2 Å². The number of rotatable bonds is 5. The zero-order chi connectivity index (χ0) is 22.8. The average Bonchev–Trinajstić information content (AvgIpc) is 3.14. The van der Waals surface area contributed by atoms with Gasteiger partial charge in [-0.1, -0.05) is 36.8 Å². The lowest BCUT2D eigenvalue weighted by Crippen LogP contribution is -2.32. The van der Waals surface area contributed by atoms with Gasteiger partial charge in [0.1, 0.15) is 5.82 Å². The van der Waals surface area contributed by atoms with E-state index >= 15 is 0 Å². The third-order valence-electron chi connectivity index (χ3n) is 6.39. The van der Waals surface area contributed by atoms with Gasteiger partial charge in [-0.25, -0.2) is 4.39 Å². The summed E-state index contributed by atoms with van der Waals surface area (Å²) in [6.07, 6.45) is 5.90. The number of anilines is 2. The molecule has 3 aromatic carbocycles. The molecule has 2 N–H and O–H groups in total. The Bertz CT molecular complexity index is 1260. The molecular weight excluding hydrogens is 417 g/mol. The van der Waals surface area contributed by atoms with Crippen molar-refractivity contribution in [2.75, 3.05) is 30.3 Å². The maximum absolute atomic E-state index is 14.2. The highest BCUT2D eigenvalue weighted by Gasteiger charge is 2.25. The molecule has 168 valence electrons. The highest BCUT2D eigenvalue weighted by Crippen LogP contribution is 2.36. The summed E-state index contributed by atoms with van der Waals surface area (Å²) < 4.78 is 14.2.